The monoisotopic (exact) mass is 500 g/mol. The van der Waals surface area contributed by atoms with E-state index in [1.807, 2.05) is 13.0 Å². The molecule has 11 nitrogen and oxygen atoms in total. The molecule has 0 bridgehead atoms. The van der Waals surface area contributed by atoms with Gasteiger partial charge in [-0.25, -0.2) is 4.79 Å². The number of hydrogen-bond donors (Lipinski definition) is 3. The Balaban J connectivity index is 1.53. The van der Waals surface area contributed by atoms with Crippen molar-refractivity contribution in [2.75, 3.05) is 26.2 Å². The van der Waals surface area contributed by atoms with Crippen LogP contribution in [0.25, 0.3) is 11.1 Å². The Morgan fingerprint density at radius 3 is 2.19 bits per heavy atom. The summed E-state index contributed by atoms with van der Waals surface area (Å²) in [5.41, 5.74) is 0.197. The highest BCUT2D eigenvalue weighted by Gasteiger charge is 2.24. The average molecular weight is 501 g/mol. The molecule has 2 heterocycles. The zero-order valence-corrected chi connectivity index (χ0v) is 20.4. The summed E-state index contributed by atoms with van der Waals surface area (Å²) in [4.78, 5) is 65.5. The largest absolute Gasteiger partial charge is 0.494 e. The molecule has 11 heteroatoms. The fourth-order valence-corrected chi connectivity index (χ4v) is 4.26. The van der Waals surface area contributed by atoms with E-state index < -0.39 is 23.1 Å². The second kappa shape index (κ2) is 12.2. The maximum Gasteiger partial charge on any atom is 0.331 e. The number of nitrogens with zero attached hydrogens (tertiary/aromatic N) is 3. The van der Waals surface area contributed by atoms with Crippen molar-refractivity contribution in [1.29, 1.82) is 0 Å². The molecule has 1 fully saturated rings. The van der Waals surface area contributed by atoms with E-state index in [-0.39, 0.29) is 43.2 Å². The van der Waals surface area contributed by atoms with E-state index in [0.29, 0.717) is 44.6 Å². The molecule has 0 radical (unpaired) electrons. The predicted molar refractivity (Wildman–Crippen MR) is 132 cm³/mol. The molecule has 1 saturated heterocycles. The van der Waals surface area contributed by atoms with Crippen LogP contribution in [0.1, 0.15) is 44.6 Å². The molecule has 3 N–H and O–H groups in total. The first-order valence-electron chi connectivity index (χ1n) is 12.1. The molecule has 3 rings (SSSR count). The number of rotatable bonds is 10. The van der Waals surface area contributed by atoms with Gasteiger partial charge in [-0.15, -0.1) is 0 Å². The van der Waals surface area contributed by atoms with Crippen molar-refractivity contribution in [3.8, 4) is 17.0 Å². The summed E-state index contributed by atoms with van der Waals surface area (Å²) < 4.78 is 1.11. The fraction of sp³-hybridized carbons (Fsp3) is 0.480. The molecule has 0 spiro atoms. The van der Waals surface area contributed by atoms with Gasteiger partial charge in [-0.05, 0) is 30.4 Å². The van der Waals surface area contributed by atoms with Crippen LogP contribution in [-0.4, -0.2) is 73.5 Å². The minimum atomic E-state index is -1.02. The minimum Gasteiger partial charge on any atom is -0.494 e. The highest BCUT2D eigenvalue weighted by atomic mass is 16.4. The number of nitrogens with one attached hydrogen (secondary N) is 1. The van der Waals surface area contributed by atoms with Gasteiger partial charge in [-0.3, -0.25) is 28.7 Å². The van der Waals surface area contributed by atoms with Gasteiger partial charge in [0.15, 0.2) is 0 Å². The molecule has 194 valence electrons. The summed E-state index contributed by atoms with van der Waals surface area (Å²) in [7, 11) is 0. The lowest BCUT2D eigenvalue weighted by atomic mass is 10.0. The number of H-pyrrole nitrogens is 1. The lowest BCUT2D eigenvalue weighted by Crippen LogP contribution is -2.50. The van der Waals surface area contributed by atoms with Crippen LogP contribution < -0.4 is 11.2 Å². The zero-order valence-electron chi connectivity index (χ0n) is 20.4. The van der Waals surface area contributed by atoms with E-state index in [2.05, 4.69) is 4.98 Å². The summed E-state index contributed by atoms with van der Waals surface area (Å²) in [6, 6.07) is 7.21. The van der Waals surface area contributed by atoms with Gasteiger partial charge in [0.1, 0.15) is 5.56 Å². The van der Waals surface area contributed by atoms with Crippen LogP contribution in [0.15, 0.2) is 33.9 Å². The number of amides is 2. The topological polar surface area (TPSA) is 153 Å². The number of unbranched alkanes of at least 4 members (excludes halogenated alkanes) is 1. The number of hydrogen-bond acceptors (Lipinski definition) is 6. The van der Waals surface area contributed by atoms with Crippen molar-refractivity contribution in [2.24, 2.45) is 0 Å². The van der Waals surface area contributed by atoms with Gasteiger partial charge >= 0.3 is 11.7 Å². The van der Waals surface area contributed by atoms with Crippen LogP contribution in [0.3, 0.4) is 0 Å². The van der Waals surface area contributed by atoms with Crippen LogP contribution in [0.4, 0.5) is 0 Å². The number of aryl methyl sites for hydroxylation is 1. The predicted octanol–water partition coefficient (Wildman–Crippen LogP) is 1.18. The summed E-state index contributed by atoms with van der Waals surface area (Å²) >= 11 is 0. The lowest BCUT2D eigenvalue weighted by Gasteiger charge is -2.35. The molecule has 36 heavy (non-hydrogen) atoms. The highest BCUT2D eigenvalue weighted by molar-refractivity contribution is 5.81. The normalized spacial score (nSPS) is 13.6. The van der Waals surface area contributed by atoms with E-state index in [1.165, 1.54) is 0 Å². The van der Waals surface area contributed by atoms with Gasteiger partial charge in [0.05, 0.1) is 6.42 Å². The Morgan fingerprint density at radius 1 is 0.944 bits per heavy atom. The lowest BCUT2D eigenvalue weighted by molar-refractivity contribution is -0.142. The SMILES string of the molecule is CCc1cccc(-c2c(O)n(CCCCC(=O)N3CCN(C(=O)CCC(=O)O)CC3)c(=O)[nH]c2=O)c1. The molecule has 1 aromatic heterocycles. The smallest absolute Gasteiger partial charge is 0.331 e. The molecule has 0 unspecified atom stereocenters. The van der Waals surface area contributed by atoms with Gasteiger partial charge in [0.2, 0.25) is 17.7 Å². The minimum absolute atomic E-state index is 0.0387. The van der Waals surface area contributed by atoms with Crippen LogP contribution in [0.2, 0.25) is 0 Å². The number of benzene rings is 1. The van der Waals surface area contributed by atoms with Crippen LogP contribution >= 0.6 is 0 Å². The second-order valence-electron chi connectivity index (χ2n) is 8.78. The molecule has 2 amide bonds. The number of aromatic nitrogens is 2. The number of aromatic amines is 1. The number of carboxylic acids is 1. The maximum atomic E-state index is 12.6. The van der Waals surface area contributed by atoms with Crippen molar-refractivity contribution in [3.05, 3.63) is 50.7 Å². The Kier molecular flexibility index (Phi) is 9.04. The molecule has 1 aliphatic rings. The molecule has 0 atom stereocenters. The Morgan fingerprint density at radius 2 is 1.58 bits per heavy atom. The fourth-order valence-electron chi connectivity index (χ4n) is 4.26. The molecule has 1 aromatic carbocycles. The highest BCUT2D eigenvalue weighted by Crippen LogP contribution is 2.25. The Labute approximate surface area is 208 Å². The van der Waals surface area contributed by atoms with Crippen LogP contribution in [-0.2, 0) is 27.3 Å². The molecule has 1 aliphatic heterocycles. The third kappa shape index (κ3) is 6.61. The van der Waals surface area contributed by atoms with Crippen molar-refractivity contribution >= 4 is 17.8 Å². The van der Waals surface area contributed by atoms with E-state index in [1.54, 1.807) is 28.0 Å². The molecular formula is C25H32N4O7. The van der Waals surface area contributed by atoms with E-state index in [4.69, 9.17) is 5.11 Å². The summed E-state index contributed by atoms with van der Waals surface area (Å²) in [5.74, 6) is -1.71. The van der Waals surface area contributed by atoms with Gasteiger partial charge in [-0.1, -0.05) is 31.2 Å². The molecule has 0 saturated carbocycles. The number of carbonyl (C=O) groups excluding carboxylic acids is 2. The average Bonchev–Trinajstić information content (AvgIpc) is 2.86. The van der Waals surface area contributed by atoms with Crippen LogP contribution in [0.5, 0.6) is 5.88 Å². The van der Waals surface area contributed by atoms with Crippen LogP contribution in [0, 0.1) is 0 Å². The quantitative estimate of drug-likeness (QED) is 0.414. The first-order valence-corrected chi connectivity index (χ1v) is 12.1. The molecule has 2 aromatic rings. The Bertz CT molecular complexity index is 1230. The first kappa shape index (κ1) is 26.7. The zero-order chi connectivity index (χ0) is 26.2. The first-order chi connectivity index (χ1) is 17.2. The van der Waals surface area contributed by atoms with E-state index in [0.717, 1.165) is 16.6 Å². The van der Waals surface area contributed by atoms with E-state index in [9.17, 15) is 29.1 Å². The number of piperazine rings is 1. The van der Waals surface area contributed by atoms with E-state index >= 15 is 0 Å². The summed E-state index contributed by atoms with van der Waals surface area (Å²) in [6.45, 7) is 3.63. The summed E-state index contributed by atoms with van der Waals surface area (Å²) in [5, 5.41) is 19.4. The van der Waals surface area contributed by atoms with Crippen molar-refractivity contribution < 1.29 is 24.6 Å². The van der Waals surface area contributed by atoms with Gasteiger partial charge < -0.3 is 20.0 Å². The van der Waals surface area contributed by atoms with Gasteiger partial charge in [0, 0.05) is 45.6 Å². The second-order valence-corrected chi connectivity index (χ2v) is 8.78. The molecular weight excluding hydrogens is 468 g/mol. The third-order valence-corrected chi connectivity index (χ3v) is 6.36. The van der Waals surface area contributed by atoms with Crippen molar-refractivity contribution in [3.63, 3.8) is 0 Å². The molecule has 0 aliphatic carbocycles. The summed E-state index contributed by atoms with van der Waals surface area (Å²) in [6.07, 6.45) is 1.66. The number of carboxylic acid groups (broad SMARTS) is 1. The van der Waals surface area contributed by atoms with Gasteiger partial charge in [0.25, 0.3) is 5.56 Å². The maximum absolute atomic E-state index is 12.6. The number of aromatic hydroxyl groups is 1. The number of carbonyl (C=O) groups is 3. The Hall–Kier alpha value is -3.89. The number of aliphatic carboxylic acids is 1. The third-order valence-electron chi connectivity index (χ3n) is 6.36. The van der Waals surface area contributed by atoms with Crippen molar-refractivity contribution in [2.45, 2.75) is 52.0 Å². The van der Waals surface area contributed by atoms with Gasteiger partial charge in [-0.2, -0.15) is 0 Å². The van der Waals surface area contributed by atoms with Crippen molar-refractivity contribution in [1.82, 2.24) is 19.4 Å². The standard InChI is InChI=1S/C25H32N4O7/c1-2-17-6-5-7-18(16-17)22-23(34)26-25(36)29(24(22)35)11-4-3-8-19(30)27-12-14-28(15-13-27)20(31)9-10-21(32)33/h5-7,16,35H,2-4,8-15H2,1H3,(H,32,33)(H,26,34,36).